The molecular weight excluding hydrogens is 292 g/mol. The molecule has 18 heavy (non-hydrogen) atoms. The van der Waals surface area contributed by atoms with Crippen LogP contribution in [0.15, 0.2) is 22.7 Å². The van der Waals surface area contributed by atoms with Gasteiger partial charge in [-0.15, -0.1) is 0 Å². The summed E-state index contributed by atoms with van der Waals surface area (Å²) in [6.45, 7) is 2.21. The lowest BCUT2D eigenvalue weighted by Gasteiger charge is -2.15. The smallest absolute Gasteiger partial charge is 0.124 e. The second-order valence-electron chi connectivity index (χ2n) is 4.60. The van der Waals surface area contributed by atoms with Crippen LogP contribution in [0.3, 0.4) is 0 Å². The summed E-state index contributed by atoms with van der Waals surface area (Å²) < 4.78 is 6.26. The van der Waals surface area contributed by atoms with Crippen molar-refractivity contribution in [3.05, 3.63) is 28.2 Å². The number of halogens is 1. The summed E-state index contributed by atoms with van der Waals surface area (Å²) in [5.41, 5.74) is 0.877. The van der Waals surface area contributed by atoms with Crippen molar-refractivity contribution in [1.29, 1.82) is 0 Å². The molecule has 0 saturated carbocycles. The molecule has 1 N–H and O–H groups in total. The van der Waals surface area contributed by atoms with E-state index in [9.17, 15) is 5.11 Å². The quantitative estimate of drug-likeness (QED) is 0.695. The van der Waals surface area contributed by atoms with E-state index < -0.39 is 6.10 Å². The van der Waals surface area contributed by atoms with Gasteiger partial charge in [-0.1, -0.05) is 55.0 Å². The number of unbranched alkanes of at least 4 members (excludes halogenated alkanes) is 4. The molecule has 1 unspecified atom stereocenters. The minimum absolute atomic E-state index is 0.431. The first-order valence-electron chi connectivity index (χ1n) is 6.70. The van der Waals surface area contributed by atoms with Crippen LogP contribution in [0.1, 0.15) is 57.1 Å². The Labute approximate surface area is 118 Å². The fraction of sp³-hybridized carbons (Fsp3) is 0.600. The van der Waals surface area contributed by atoms with Crippen LogP contribution in [0.5, 0.6) is 5.75 Å². The molecule has 0 spiro atoms. The summed E-state index contributed by atoms with van der Waals surface area (Å²) in [5, 5.41) is 10.2. The first-order valence-corrected chi connectivity index (χ1v) is 7.49. The summed E-state index contributed by atoms with van der Waals surface area (Å²) in [7, 11) is 1.64. The summed E-state index contributed by atoms with van der Waals surface area (Å²) in [6, 6.07) is 5.76. The summed E-state index contributed by atoms with van der Waals surface area (Å²) in [6.07, 6.45) is 6.44. The van der Waals surface area contributed by atoms with Gasteiger partial charge in [0.2, 0.25) is 0 Å². The maximum Gasteiger partial charge on any atom is 0.124 e. The van der Waals surface area contributed by atoms with Gasteiger partial charge in [0.05, 0.1) is 13.2 Å². The van der Waals surface area contributed by atoms with Crippen molar-refractivity contribution in [2.24, 2.45) is 0 Å². The molecule has 0 fully saturated rings. The van der Waals surface area contributed by atoms with E-state index in [2.05, 4.69) is 22.9 Å². The molecule has 0 radical (unpaired) electrons. The van der Waals surface area contributed by atoms with Crippen LogP contribution in [0.25, 0.3) is 0 Å². The number of rotatable bonds is 8. The number of aliphatic hydroxyl groups is 1. The maximum absolute atomic E-state index is 10.2. The van der Waals surface area contributed by atoms with Gasteiger partial charge < -0.3 is 9.84 Å². The highest BCUT2D eigenvalue weighted by atomic mass is 79.9. The average Bonchev–Trinajstić information content (AvgIpc) is 2.38. The molecule has 2 nitrogen and oxygen atoms in total. The Morgan fingerprint density at radius 1 is 1.22 bits per heavy atom. The number of aliphatic hydroxyl groups excluding tert-OH is 1. The van der Waals surface area contributed by atoms with E-state index >= 15 is 0 Å². The van der Waals surface area contributed by atoms with Gasteiger partial charge in [0.15, 0.2) is 0 Å². The number of hydrogen-bond donors (Lipinski definition) is 1. The molecule has 1 aromatic rings. The lowest BCUT2D eigenvalue weighted by atomic mass is 10.0. The third-order valence-electron chi connectivity index (χ3n) is 3.13. The molecule has 1 aromatic carbocycles. The van der Waals surface area contributed by atoms with E-state index in [1.807, 2.05) is 18.2 Å². The minimum Gasteiger partial charge on any atom is -0.496 e. The van der Waals surface area contributed by atoms with Gasteiger partial charge in [-0.05, 0) is 24.6 Å². The molecule has 0 saturated heterocycles. The van der Waals surface area contributed by atoms with Crippen LogP contribution < -0.4 is 4.74 Å². The van der Waals surface area contributed by atoms with Crippen molar-refractivity contribution in [3.63, 3.8) is 0 Å². The first kappa shape index (κ1) is 15.5. The normalized spacial score (nSPS) is 12.4. The molecule has 1 rings (SSSR count). The molecule has 0 heterocycles. The van der Waals surface area contributed by atoms with Crippen molar-refractivity contribution in [2.45, 2.75) is 51.6 Å². The molecule has 1 atom stereocenters. The number of hydrogen-bond acceptors (Lipinski definition) is 2. The SMILES string of the molecule is CCCCCCCC(O)c1cc(Br)ccc1OC. The molecule has 102 valence electrons. The molecular formula is C15H23BrO2. The Kier molecular flexibility index (Phi) is 7.36. The van der Waals surface area contributed by atoms with Crippen molar-refractivity contribution >= 4 is 15.9 Å². The Bertz CT molecular complexity index is 352. The lowest BCUT2D eigenvalue weighted by molar-refractivity contribution is 0.159. The van der Waals surface area contributed by atoms with Gasteiger partial charge >= 0.3 is 0 Å². The third kappa shape index (κ3) is 4.99. The monoisotopic (exact) mass is 314 g/mol. The number of benzene rings is 1. The Balaban J connectivity index is 2.49. The lowest BCUT2D eigenvalue weighted by Crippen LogP contribution is -2.01. The zero-order valence-electron chi connectivity index (χ0n) is 11.3. The van der Waals surface area contributed by atoms with Crippen molar-refractivity contribution in [2.75, 3.05) is 7.11 Å². The van der Waals surface area contributed by atoms with Gasteiger partial charge in [-0.3, -0.25) is 0 Å². The fourth-order valence-corrected chi connectivity index (χ4v) is 2.44. The molecule has 3 heteroatoms. The predicted molar refractivity (Wildman–Crippen MR) is 79.0 cm³/mol. The fourth-order valence-electron chi connectivity index (χ4n) is 2.06. The average molecular weight is 315 g/mol. The zero-order chi connectivity index (χ0) is 13.4. The minimum atomic E-state index is -0.431. The first-order chi connectivity index (χ1) is 8.69. The molecule has 0 aliphatic rings. The van der Waals surface area contributed by atoms with Gasteiger partial charge in [-0.25, -0.2) is 0 Å². The number of ether oxygens (including phenoxy) is 1. The predicted octanol–water partition coefficient (Wildman–Crippen LogP) is 4.85. The van der Waals surface area contributed by atoms with E-state index in [0.29, 0.717) is 0 Å². The van der Waals surface area contributed by atoms with Crippen molar-refractivity contribution in [3.8, 4) is 5.75 Å². The zero-order valence-corrected chi connectivity index (χ0v) is 12.9. The van der Waals surface area contributed by atoms with E-state index in [4.69, 9.17) is 4.74 Å². The molecule has 0 aliphatic heterocycles. The van der Waals surface area contributed by atoms with Gasteiger partial charge in [-0.2, -0.15) is 0 Å². The second kappa shape index (κ2) is 8.54. The van der Waals surface area contributed by atoms with Crippen LogP contribution in [-0.4, -0.2) is 12.2 Å². The highest BCUT2D eigenvalue weighted by Crippen LogP contribution is 2.31. The molecule has 0 bridgehead atoms. The summed E-state index contributed by atoms with van der Waals surface area (Å²) >= 11 is 3.43. The Morgan fingerprint density at radius 3 is 2.61 bits per heavy atom. The number of methoxy groups -OCH3 is 1. The highest BCUT2D eigenvalue weighted by molar-refractivity contribution is 9.10. The maximum atomic E-state index is 10.2. The van der Waals surface area contributed by atoms with Gasteiger partial charge in [0.1, 0.15) is 5.75 Å². The summed E-state index contributed by atoms with van der Waals surface area (Å²) in [5.74, 6) is 0.763. The van der Waals surface area contributed by atoms with Crippen LogP contribution in [-0.2, 0) is 0 Å². The van der Waals surface area contributed by atoms with Gasteiger partial charge in [0, 0.05) is 10.0 Å². The van der Waals surface area contributed by atoms with E-state index in [1.54, 1.807) is 7.11 Å². The molecule has 0 amide bonds. The van der Waals surface area contributed by atoms with E-state index in [1.165, 1.54) is 25.7 Å². The van der Waals surface area contributed by atoms with E-state index in [0.717, 1.165) is 28.6 Å². The van der Waals surface area contributed by atoms with Crippen LogP contribution >= 0.6 is 15.9 Å². The van der Waals surface area contributed by atoms with Gasteiger partial charge in [0.25, 0.3) is 0 Å². The Morgan fingerprint density at radius 2 is 1.94 bits per heavy atom. The summed E-state index contributed by atoms with van der Waals surface area (Å²) in [4.78, 5) is 0. The second-order valence-corrected chi connectivity index (χ2v) is 5.52. The van der Waals surface area contributed by atoms with Crippen LogP contribution in [0.4, 0.5) is 0 Å². The van der Waals surface area contributed by atoms with Crippen molar-refractivity contribution in [1.82, 2.24) is 0 Å². The van der Waals surface area contributed by atoms with E-state index in [-0.39, 0.29) is 0 Å². The van der Waals surface area contributed by atoms with Crippen molar-refractivity contribution < 1.29 is 9.84 Å². The third-order valence-corrected chi connectivity index (χ3v) is 3.63. The van der Waals surface area contributed by atoms with Crippen LogP contribution in [0.2, 0.25) is 0 Å². The largest absolute Gasteiger partial charge is 0.496 e. The topological polar surface area (TPSA) is 29.5 Å². The molecule has 0 aliphatic carbocycles. The van der Waals surface area contributed by atoms with Crippen LogP contribution in [0, 0.1) is 0 Å². The Hall–Kier alpha value is -0.540. The molecule has 0 aromatic heterocycles. The highest BCUT2D eigenvalue weighted by Gasteiger charge is 2.13. The standard InChI is InChI=1S/C15H23BrO2/c1-3-4-5-6-7-8-14(17)13-11-12(16)9-10-15(13)18-2/h9-11,14,17H,3-8H2,1-2H3.